The van der Waals surface area contributed by atoms with Crippen LogP contribution < -0.4 is 5.32 Å². The molecule has 0 saturated heterocycles. The van der Waals surface area contributed by atoms with E-state index in [0.717, 1.165) is 23.3 Å². The first kappa shape index (κ1) is 14.9. The second kappa shape index (κ2) is 6.81. The first-order valence-electron chi connectivity index (χ1n) is 6.06. The van der Waals surface area contributed by atoms with Crippen molar-refractivity contribution in [2.45, 2.75) is 13.2 Å². The maximum Gasteiger partial charge on any atom is 0.147 e. The predicted molar refractivity (Wildman–Crippen MR) is 78.5 cm³/mol. The van der Waals surface area contributed by atoms with Crippen LogP contribution in [0, 0.1) is 11.6 Å². The van der Waals surface area contributed by atoms with Gasteiger partial charge < -0.3 is 10.1 Å². The van der Waals surface area contributed by atoms with Gasteiger partial charge in [0.15, 0.2) is 0 Å². The topological polar surface area (TPSA) is 21.3 Å². The second-order valence-electron chi connectivity index (χ2n) is 4.30. The molecule has 2 aromatic carbocycles. The summed E-state index contributed by atoms with van der Waals surface area (Å²) in [6.07, 6.45) is 0. The first-order valence-corrected chi connectivity index (χ1v) is 6.85. The van der Waals surface area contributed by atoms with Crippen LogP contribution in [-0.4, -0.2) is 7.11 Å². The lowest BCUT2D eigenvalue weighted by atomic mass is 10.1. The van der Waals surface area contributed by atoms with E-state index in [4.69, 9.17) is 4.74 Å². The Labute approximate surface area is 124 Å². The minimum atomic E-state index is -0.501. The van der Waals surface area contributed by atoms with Crippen LogP contribution in [-0.2, 0) is 17.9 Å². The van der Waals surface area contributed by atoms with Crippen LogP contribution in [0.5, 0.6) is 0 Å². The van der Waals surface area contributed by atoms with E-state index >= 15 is 0 Å². The number of benzene rings is 2. The summed E-state index contributed by atoms with van der Waals surface area (Å²) in [5.74, 6) is -0.999. The summed E-state index contributed by atoms with van der Waals surface area (Å²) in [5.41, 5.74) is 2.13. The van der Waals surface area contributed by atoms with E-state index in [-0.39, 0.29) is 10.2 Å². The highest BCUT2D eigenvalue weighted by atomic mass is 79.9. The molecule has 0 fully saturated rings. The van der Waals surface area contributed by atoms with Gasteiger partial charge in [0.1, 0.15) is 11.6 Å². The van der Waals surface area contributed by atoms with Crippen LogP contribution in [0.4, 0.5) is 14.5 Å². The van der Waals surface area contributed by atoms with Crippen molar-refractivity contribution in [2.75, 3.05) is 12.4 Å². The highest BCUT2D eigenvalue weighted by Gasteiger charge is 2.09. The van der Waals surface area contributed by atoms with E-state index < -0.39 is 11.6 Å². The minimum Gasteiger partial charge on any atom is -0.380 e. The third kappa shape index (κ3) is 3.55. The van der Waals surface area contributed by atoms with E-state index in [1.54, 1.807) is 7.11 Å². The molecule has 2 aromatic rings. The average molecular weight is 342 g/mol. The van der Waals surface area contributed by atoms with E-state index in [9.17, 15) is 8.78 Å². The molecule has 0 aromatic heterocycles. The standard InChI is InChI=1S/C15H14BrF2NO/c1-20-9-11-5-3-2-4-10(11)8-19-15-7-13(17)12(16)6-14(15)18/h2-7,19H,8-9H2,1H3. The molecule has 0 spiro atoms. The van der Waals surface area contributed by atoms with Gasteiger partial charge in [-0.15, -0.1) is 0 Å². The largest absolute Gasteiger partial charge is 0.380 e. The number of anilines is 1. The number of hydrogen-bond donors (Lipinski definition) is 1. The first-order chi connectivity index (χ1) is 9.61. The number of rotatable bonds is 5. The lowest BCUT2D eigenvalue weighted by molar-refractivity contribution is 0.184. The summed E-state index contributed by atoms with van der Waals surface area (Å²) in [4.78, 5) is 0. The van der Waals surface area contributed by atoms with Crippen LogP contribution in [0.3, 0.4) is 0 Å². The number of ether oxygens (including phenoxy) is 1. The van der Waals surface area contributed by atoms with Gasteiger partial charge in [0.05, 0.1) is 16.8 Å². The van der Waals surface area contributed by atoms with Crippen LogP contribution in [0.15, 0.2) is 40.9 Å². The van der Waals surface area contributed by atoms with Gasteiger partial charge >= 0.3 is 0 Å². The van der Waals surface area contributed by atoms with Gasteiger partial charge in [0.25, 0.3) is 0 Å². The van der Waals surface area contributed by atoms with Crippen LogP contribution in [0.1, 0.15) is 11.1 Å². The molecule has 5 heteroatoms. The van der Waals surface area contributed by atoms with Crippen molar-refractivity contribution in [3.05, 3.63) is 63.6 Å². The molecule has 0 saturated carbocycles. The Morgan fingerprint density at radius 3 is 2.50 bits per heavy atom. The summed E-state index contributed by atoms with van der Waals surface area (Å²) in [6.45, 7) is 0.882. The Balaban J connectivity index is 2.15. The van der Waals surface area contributed by atoms with Crippen LogP contribution >= 0.6 is 15.9 Å². The molecule has 0 atom stereocenters. The summed E-state index contributed by atoms with van der Waals surface area (Å²) < 4.78 is 32.3. The van der Waals surface area contributed by atoms with Gasteiger partial charge in [0.2, 0.25) is 0 Å². The summed E-state index contributed by atoms with van der Waals surface area (Å²) in [6, 6.07) is 9.93. The van der Waals surface area contributed by atoms with Gasteiger partial charge in [-0.05, 0) is 33.1 Å². The van der Waals surface area contributed by atoms with Gasteiger partial charge in [-0.1, -0.05) is 24.3 Å². The Bertz CT molecular complexity index is 604. The van der Waals surface area contributed by atoms with Crippen molar-refractivity contribution in [1.82, 2.24) is 0 Å². The van der Waals surface area contributed by atoms with Crippen molar-refractivity contribution in [3.63, 3.8) is 0 Å². The van der Waals surface area contributed by atoms with Gasteiger partial charge in [-0.3, -0.25) is 0 Å². The highest BCUT2D eigenvalue weighted by Crippen LogP contribution is 2.24. The predicted octanol–water partition coefficient (Wildman–Crippen LogP) is 4.49. The molecule has 0 heterocycles. The second-order valence-corrected chi connectivity index (χ2v) is 5.16. The molecule has 0 amide bonds. The molecule has 106 valence electrons. The van der Waals surface area contributed by atoms with Crippen molar-refractivity contribution >= 4 is 21.6 Å². The normalized spacial score (nSPS) is 10.6. The molecule has 0 aliphatic heterocycles. The third-order valence-electron chi connectivity index (χ3n) is 2.90. The average Bonchev–Trinajstić information content (AvgIpc) is 2.43. The zero-order valence-electron chi connectivity index (χ0n) is 10.9. The fourth-order valence-electron chi connectivity index (χ4n) is 1.87. The zero-order chi connectivity index (χ0) is 14.5. The quantitative estimate of drug-likeness (QED) is 0.809. The Morgan fingerprint density at radius 2 is 1.80 bits per heavy atom. The van der Waals surface area contributed by atoms with E-state index in [1.165, 1.54) is 0 Å². The number of hydrogen-bond acceptors (Lipinski definition) is 2. The summed E-state index contributed by atoms with van der Waals surface area (Å²) in [7, 11) is 1.62. The smallest absolute Gasteiger partial charge is 0.147 e. The number of halogens is 3. The molecule has 2 nitrogen and oxygen atoms in total. The maximum atomic E-state index is 13.7. The monoisotopic (exact) mass is 341 g/mol. The van der Waals surface area contributed by atoms with E-state index in [0.29, 0.717) is 13.2 Å². The highest BCUT2D eigenvalue weighted by molar-refractivity contribution is 9.10. The molecule has 0 aliphatic carbocycles. The van der Waals surface area contributed by atoms with E-state index in [2.05, 4.69) is 21.2 Å². The Hall–Kier alpha value is -1.46. The molecule has 0 bridgehead atoms. The lowest BCUT2D eigenvalue weighted by Gasteiger charge is -2.12. The van der Waals surface area contributed by atoms with Gasteiger partial charge in [-0.25, -0.2) is 8.78 Å². The fourth-order valence-corrected chi connectivity index (χ4v) is 2.19. The van der Waals surface area contributed by atoms with Gasteiger partial charge in [0, 0.05) is 19.7 Å². The Morgan fingerprint density at radius 1 is 1.10 bits per heavy atom. The van der Waals surface area contributed by atoms with Crippen LogP contribution in [0.2, 0.25) is 0 Å². The van der Waals surface area contributed by atoms with Crippen LogP contribution in [0.25, 0.3) is 0 Å². The third-order valence-corrected chi connectivity index (χ3v) is 3.51. The molecular weight excluding hydrogens is 328 g/mol. The molecule has 0 radical (unpaired) electrons. The molecule has 0 aliphatic rings. The minimum absolute atomic E-state index is 0.111. The number of nitrogens with one attached hydrogen (secondary N) is 1. The van der Waals surface area contributed by atoms with Crippen molar-refractivity contribution in [1.29, 1.82) is 0 Å². The summed E-state index contributed by atoms with van der Waals surface area (Å²) in [5, 5.41) is 2.90. The Kier molecular flexibility index (Phi) is 5.09. The molecule has 20 heavy (non-hydrogen) atoms. The number of methoxy groups -OCH3 is 1. The van der Waals surface area contributed by atoms with Crippen molar-refractivity contribution < 1.29 is 13.5 Å². The molecule has 2 rings (SSSR count). The van der Waals surface area contributed by atoms with Crippen molar-refractivity contribution in [2.24, 2.45) is 0 Å². The molecule has 0 unspecified atom stereocenters. The van der Waals surface area contributed by atoms with Gasteiger partial charge in [-0.2, -0.15) is 0 Å². The lowest BCUT2D eigenvalue weighted by Crippen LogP contribution is -2.05. The zero-order valence-corrected chi connectivity index (χ0v) is 12.5. The fraction of sp³-hybridized carbons (Fsp3) is 0.200. The SMILES string of the molecule is COCc1ccccc1CNc1cc(F)c(Br)cc1F. The summed E-state index contributed by atoms with van der Waals surface area (Å²) >= 11 is 2.95. The van der Waals surface area contributed by atoms with Crippen molar-refractivity contribution in [3.8, 4) is 0 Å². The molecule has 1 N–H and O–H groups in total. The van der Waals surface area contributed by atoms with E-state index in [1.807, 2.05) is 24.3 Å². The maximum absolute atomic E-state index is 13.7. The molecular formula is C15H14BrF2NO.